The van der Waals surface area contributed by atoms with Gasteiger partial charge in [0.2, 0.25) is 11.8 Å². The van der Waals surface area contributed by atoms with Gasteiger partial charge in [0, 0.05) is 19.5 Å². The maximum absolute atomic E-state index is 14.6. The first-order valence-corrected chi connectivity index (χ1v) is 16.8. The van der Waals surface area contributed by atoms with Crippen LogP contribution in [-0.4, -0.2) is 51.4 Å². The fourth-order valence-electron chi connectivity index (χ4n) is 5.09. The zero-order chi connectivity index (χ0) is 33.3. The third-order valence-electron chi connectivity index (χ3n) is 7.64. The van der Waals surface area contributed by atoms with Gasteiger partial charge in [-0.05, 0) is 60.7 Å². The lowest BCUT2D eigenvalue weighted by Gasteiger charge is -2.34. The Morgan fingerprint density at radius 1 is 0.804 bits per heavy atom. The van der Waals surface area contributed by atoms with Gasteiger partial charge in [0.25, 0.3) is 10.0 Å². The predicted octanol–water partition coefficient (Wildman–Crippen LogP) is 5.92. The molecule has 4 aromatic carbocycles. The van der Waals surface area contributed by atoms with Crippen molar-refractivity contribution in [1.82, 2.24) is 10.2 Å². The van der Waals surface area contributed by atoms with Gasteiger partial charge in [-0.1, -0.05) is 98.3 Å². The molecule has 242 valence electrons. The molecule has 4 rings (SSSR count). The van der Waals surface area contributed by atoms with E-state index in [1.807, 2.05) is 88.4 Å². The number of carbonyl (C=O) groups is 2. The van der Waals surface area contributed by atoms with Crippen LogP contribution in [0.5, 0.6) is 5.75 Å². The molecule has 0 saturated heterocycles. The van der Waals surface area contributed by atoms with E-state index in [4.69, 9.17) is 4.74 Å². The molecule has 0 aliphatic carbocycles. The smallest absolute Gasteiger partial charge is 0.264 e. The Balaban J connectivity index is 1.83. The Kier molecular flexibility index (Phi) is 11.6. The number of nitrogens with one attached hydrogen (secondary N) is 1. The molecular weight excluding hydrogens is 598 g/mol. The molecule has 0 bridgehead atoms. The monoisotopic (exact) mass is 641 g/mol. The molecule has 1 atom stereocenters. The van der Waals surface area contributed by atoms with Crippen LogP contribution in [0.15, 0.2) is 108 Å². The van der Waals surface area contributed by atoms with E-state index in [9.17, 15) is 18.0 Å². The molecule has 1 unspecified atom stereocenters. The Labute approximate surface area is 273 Å². The van der Waals surface area contributed by atoms with Crippen molar-refractivity contribution in [3.05, 3.63) is 125 Å². The average Bonchev–Trinajstić information content (AvgIpc) is 3.05. The fraction of sp³-hybridized carbons (Fsp3) is 0.297. The highest BCUT2D eigenvalue weighted by Gasteiger charge is 2.35. The highest BCUT2D eigenvalue weighted by Crippen LogP contribution is 2.34. The van der Waals surface area contributed by atoms with E-state index >= 15 is 0 Å². The van der Waals surface area contributed by atoms with Crippen molar-refractivity contribution in [2.24, 2.45) is 5.92 Å². The minimum atomic E-state index is -4.23. The highest BCUT2D eigenvalue weighted by molar-refractivity contribution is 7.92. The van der Waals surface area contributed by atoms with Crippen LogP contribution in [0.2, 0.25) is 0 Å². The number of benzene rings is 4. The molecule has 0 aliphatic rings. The molecule has 0 aliphatic heterocycles. The first-order chi connectivity index (χ1) is 22.0. The zero-order valence-corrected chi connectivity index (χ0v) is 28.0. The minimum absolute atomic E-state index is 0.0342. The number of amides is 2. The number of aryl methyl sites for hydroxylation is 2. The highest BCUT2D eigenvalue weighted by atomic mass is 32.2. The van der Waals surface area contributed by atoms with Crippen molar-refractivity contribution in [1.29, 1.82) is 0 Å². The van der Waals surface area contributed by atoms with Gasteiger partial charge in [0.1, 0.15) is 18.3 Å². The Morgan fingerprint density at radius 3 is 2.02 bits per heavy atom. The van der Waals surface area contributed by atoms with Gasteiger partial charge in [-0.25, -0.2) is 8.42 Å². The zero-order valence-electron chi connectivity index (χ0n) is 27.1. The molecule has 46 heavy (non-hydrogen) atoms. The van der Waals surface area contributed by atoms with Crippen molar-refractivity contribution in [2.45, 2.75) is 51.6 Å². The normalized spacial score (nSPS) is 12.0. The van der Waals surface area contributed by atoms with Crippen molar-refractivity contribution >= 4 is 27.5 Å². The molecule has 0 radical (unpaired) electrons. The van der Waals surface area contributed by atoms with E-state index in [0.29, 0.717) is 12.3 Å². The van der Waals surface area contributed by atoms with E-state index in [1.165, 1.54) is 24.1 Å². The second-order valence-electron chi connectivity index (χ2n) is 11.9. The largest absolute Gasteiger partial charge is 0.495 e. The molecule has 0 saturated carbocycles. The Morgan fingerprint density at radius 2 is 1.41 bits per heavy atom. The van der Waals surface area contributed by atoms with E-state index < -0.39 is 28.5 Å². The molecular formula is C37H43N3O5S. The number of anilines is 1. The Hall–Kier alpha value is -4.63. The van der Waals surface area contributed by atoms with Crippen LogP contribution in [0.25, 0.3) is 0 Å². The third-order valence-corrected chi connectivity index (χ3v) is 9.42. The predicted molar refractivity (Wildman–Crippen MR) is 182 cm³/mol. The van der Waals surface area contributed by atoms with Crippen molar-refractivity contribution in [3.63, 3.8) is 0 Å². The summed E-state index contributed by atoms with van der Waals surface area (Å²) in [6, 6.07) is 29.5. The maximum atomic E-state index is 14.6. The number of hydrogen-bond donors (Lipinski definition) is 1. The fourth-order valence-corrected chi connectivity index (χ4v) is 6.53. The standard InChI is InChI=1S/C37H43N3O5S/c1-27(2)24-38-37(42)34(23-30-12-8-6-9-13-30)39(25-31-19-16-28(3)17-20-31)36(41)26-40(33-22-29(4)18-21-35(33)45-5)46(43,44)32-14-10-7-11-15-32/h6-22,27,34H,23-26H2,1-5H3,(H,38,42). The van der Waals surface area contributed by atoms with Crippen LogP contribution in [0.4, 0.5) is 5.69 Å². The van der Waals surface area contributed by atoms with Gasteiger partial charge >= 0.3 is 0 Å². The number of ether oxygens (including phenoxy) is 1. The van der Waals surface area contributed by atoms with Crippen LogP contribution < -0.4 is 14.4 Å². The summed E-state index contributed by atoms with van der Waals surface area (Å²) >= 11 is 0. The molecule has 0 spiro atoms. The van der Waals surface area contributed by atoms with Crippen molar-refractivity contribution in [3.8, 4) is 5.75 Å². The van der Waals surface area contributed by atoms with Crippen LogP contribution in [0, 0.1) is 19.8 Å². The first kappa shape index (κ1) is 34.2. The molecule has 4 aromatic rings. The number of hydrogen-bond acceptors (Lipinski definition) is 5. The maximum Gasteiger partial charge on any atom is 0.264 e. The SMILES string of the molecule is COc1ccc(C)cc1N(CC(=O)N(Cc1ccc(C)cc1)C(Cc1ccccc1)C(=O)NCC(C)C)S(=O)(=O)c1ccccc1. The number of carbonyl (C=O) groups excluding carboxylic acids is 2. The topological polar surface area (TPSA) is 96.0 Å². The summed E-state index contributed by atoms with van der Waals surface area (Å²) < 4.78 is 35.2. The molecule has 2 amide bonds. The lowest BCUT2D eigenvalue weighted by Crippen LogP contribution is -2.53. The minimum Gasteiger partial charge on any atom is -0.495 e. The average molecular weight is 642 g/mol. The summed E-state index contributed by atoms with van der Waals surface area (Å²) in [5.41, 5.74) is 3.79. The molecule has 0 fully saturated rings. The third kappa shape index (κ3) is 8.75. The van der Waals surface area contributed by atoms with Crippen molar-refractivity contribution in [2.75, 3.05) is 24.5 Å². The molecule has 9 heteroatoms. The molecule has 8 nitrogen and oxygen atoms in total. The first-order valence-electron chi connectivity index (χ1n) is 15.4. The summed E-state index contributed by atoms with van der Waals surface area (Å²) in [7, 11) is -2.77. The quantitative estimate of drug-likeness (QED) is 0.185. The van der Waals surface area contributed by atoms with Gasteiger partial charge in [-0.3, -0.25) is 13.9 Å². The van der Waals surface area contributed by atoms with Crippen molar-refractivity contribution < 1.29 is 22.7 Å². The number of rotatable bonds is 14. The van der Waals surface area contributed by atoms with Gasteiger partial charge in [-0.2, -0.15) is 0 Å². The summed E-state index contributed by atoms with van der Waals surface area (Å²) in [4.78, 5) is 30.1. The number of methoxy groups -OCH3 is 1. The molecule has 0 aromatic heterocycles. The van der Waals surface area contributed by atoms with E-state index in [0.717, 1.165) is 26.6 Å². The van der Waals surface area contributed by atoms with Crippen LogP contribution in [0.1, 0.15) is 36.1 Å². The summed E-state index contributed by atoms with van der Waals surface area (Å²) in [5, 5.41) is 3.01. The second-order valence-corrected chi connectivity index (χ2v) is 13.7. The van der Waals surface area contributed by atoms with Gasteiger partial charge in [0.15, 0.2) is 0 Å². The van der Waals surface area contributed by atoms with Gasteiger partial charge in [0.05, 0.1) is 17.7 Å². The number of sulfonamides is 1. The van der Waals surface area contributed by atoms with Crippen LogP contribution in [0.3, 0.4) is 0 Å². The molecule has 0 heterocycles. The van der Waals surface area contributed by atoms with E-state index in [2.05, 4.69) is 5.32 Å². The van der Waals surface area contributed by atoms with E-state index in [-0.39, 0.29) is 35.4 Å². The van der Waals surface area contributed by atoms with Gasteiger partial charge < -0.3 is 15.0 Å². The van der Waals surface area contributed by atoms with Gasteiger partial charge in [-0.15, -0.1) is 0 Å². The molecule has 1 N–H and O–H groups in total. The van der Waals surface area contributed by atoms with Crippen LogP contribution in [-0.2, 0) is 32.6 Å². The summed E-state index contributed by atoms with van der Waals surface area (Å²) in [6.45, 7) is 7.82. The number of nitrogens with zero attached hydrogens (tertiary/aromatic N) is 2. The Bertz CT molecular complexity index is 1710. The lowest BCUT2D eigenvalue weighted by molar-refractivity contribution is -0.140. The van der Waals surface area contributed by atoms with Crippen LogP contribution >= 0.6 is 0 Å². The summed E-state index contributed by atoms with van der Waals surface area (Å²) in [5.74, 6) is -0.325. The second kappa shape index (κ2) is 15.6. The van der Waals surface area contributed by atoms with E-state index in [1.54, 1.807) is 30.3 Å². The lowest BCUT2D eigenvalue weighted by atomic mass is 10.0. The summed E-state index contributed by atoms with van der Waals surface area (Å²) in [6.07, 6.45) is 0.252.